The predicted octanol–water partition coefficient (Wildman–Crippen LogP) is 4.06. The Morgan fingerprint density at radius 1 is 1.03 bits per heavy atom. The number of hydrogen-bond acceptors (Lipinski definition) is 7. The summed E-state index contributed by atoms with van der Waals surface area (Å²) in [6, 6.07) is 13.0. The number of amides is 3. The fourth-order valence-corrected chi connectivity index (χ4v) is 6.13. The van der Waals surface area contributed by atoms with E-state index >= 15 is 0 Å². The first-order valence-electron chi connectivity index (χ1n) is 13.5. The van der Waals surface area contributed by atoms with Crippen molar-refractivity contribution in [2.24, 2.45) is 5.92 Å². The molecule has 2 aliphatic heterocycles. The molecule has 0 bridgehead atoms. The lowest BCUT2D eigenvalue weighted by molar-refractivity contribution is -0.125. The molecule has 2 fully saturated rings. The zero-order valence-electron chi connectivity index (χ0n) is 22.4. The highest BCUT2D eigenvalue weighted by Crippen LogP contribution is 2.35. The van der Waals surface area contributed by atoms with Crippen LogP contribution in [-0.2, 0) is 11.2 Å². The molecule has 3 amide bonds. The first kappa shape index (κ1) is 26.8. The number of thiazole rings is 1. The zero-order chi connectivity index (χ0) is 27.4. The third-order valence-electron chi connectivity index (χ3n) is 7.29. The van der Waals surface area contributed by atoms with Gasteiger partial charge in [0.25, 0.3) is 11.8 Å². The van der Waals surface area contributed by atoms with Gasteiger partial charge in [0.05, 0.1) is 6.04 Å². The van der Waals surface area contributed by atoms with Gasteiger partial charge in [0.15, 0.2) is 0 Å². The van der Waals surface area contributed by atoms with E-state index in [1.54, 1.807) is 17.4 Å². The second-order valence-corrected chi connectivity index (χ2v) is 11.2. The molecule has 2 atom stereocenters. The number of aromatic nitrogens is 2. The van der Waals surface area contributed by atoms with Crippen molar-refractivity contribution in [1.29, 1.82) is 0 Å². The fourth-order valence-electron chi connectivity index (χ4n) is 5.19. The molecule has 2 aliphatic rings. The Hall–Kier alpha value is -3.79. The number of nitrogens with one attached hydrogen (secondary N) is 2. The van der Waals surface area contributed by atoms with Crippen LogP contribution in [0.1, 0.15) is 75.8 Å². The summed E-state index contributed by atoms with van der Waals surface area (Å²) in [6.07, 6.45) is 4.39. The average Bonchev–Trinajstić information content (AvgIpc) is 3.73. The van der Waals surface area contributed by atoms with Crippen LogP contribution in [0.3, 0.4) is 0 Å². The monoisotopic (exact) mass is 546 g/mol. The summed E-state index contributed by atoms with van der Waals surface area (Å²) < 4.78 is 0. The Balaban J connectivity index is 1.32. The normalized spacial score (nSPS) is 17.7. The van der Waals surface area contributed by atoms with Crippen molar-refractivity contribution in [3.05, 3.63) is 75.4 Å². The number of carbonyl (C=O) groups excluding carboxylic acids is 3. The van der Waals surface area contributed by atoms with Gasteiger partial charge in [-0.05, 0) is 56.7 Å². The van der Waals surface area contributed by atoms with Crippen molar-refractivity contribution < 1.29 is 14.4 Å². The summed E-state index contributed by atoms with van der Waals surface area (Å²) in [6.45, 7) is 6.06. The van der Waals surface area contributed by atoms with Crippen LogP contribution < -0.4 is 15.8 Å². The lowest BCUT2D eigenvalue weighted by Crippen LogP contribution is -2.44. The van der Waals surface area contributed by atoms with E-state index in [0.29, 0.717) is 24.3 Å². The van der Waals surface area contributed by atoms with E-state index in [-0.39, 0.29) is 29.5 Å². The minimum absolute atomic E-state index is 0.0673. The van der Waals surface area contributed by atoms with Crippen molar-refractivity contribution in [2.75, 3.05) is 24.5 Å². The lowest BCUT2D eigenvalue weighted by atomic mass is 10.0. The number of hydrogen-bond donors (Lipinski definition) is 2. The molecular weight excluding hydrogens is 512 g/mol. The molecule has 0 spiro atoms. The van der Waals surface area contributed by atoms with E-state index in [2.05, 4.69) is 25.7 Å². The van der Waals surface area contributed by atoms with Crippen LogP contribution in [0.5, 0.6) is 0 Å². The first-order valence-corrected chi connectivity index (χ1v) is 14.4. The van der Waals surface area contributed by atoms with Crippen LogP contribution >= 0.6 is 11.3 Å². The molecule has 0 saturated carbocycles. The summed E-state index contributed by atoms with van der Waals surface area (Å²) in [7, 11) is 0. The molecule has 2 N–H and O–H groups in total. The Morgan fingerprint density at radius 2 is 1.79 bits per heavy atom. The molecule has 0 aliphatic carbocycles. The van der Waals surface area contributed by atoms with Crippen LogP contribution in [0.2, 0.25) is 0 Å². The molecule has 2 aromatic heterocycles. The number of rotatable bonds is 7. The van der Waals surface area contributed by atoms with E-state index in [4.69, 9.17) is 0 Å². The maximum Gasteiger partial charge on any atom is 0.288 e. The van der Waals surface area contributed by atoms with E-state index in [1.807, 2.05) is 54.5 Å². The third-order valence-corrected chi connectivity index (χ3v) is 8.35. The molecule has 9 nitrogen and oxygen atoms in total. The van der Waals surface area contributed by atoms with Gasteiger partial charge in [-0.15, -0.1) is 11.3 Å². The molecule has 39 heavy (non-hydrogen) atoms. The number of aryl methyl sites for hydroxylation is 1. The fraction of sp³-hybridized carbons (Fsp3) is 0.414. The molecule has 0 radical (unpaired) electrons. The van der Waals surface area contributed by atoms with Gasteiger partial charge in [0.2, 0.25) is 5.91 Å². The predicted molar refractivity (Wildman–Crippen MR) is 150 cm³/mol. The Bertz CT molecular complexity index is 1340. The average molecular weight is 547 g/mol. The maximum absolute atomic E-state index is 13.8. The van der Waals surface area contributed by atoms with Crippen LogP contribution in [0.25, 0.3) is 0 Å². The van der Waals surface area contributed by atoms with Gasteiger partial charge < -0.3 is 9.80 Å². The van der Waals surface area contributed by atoms with Gasteiger partial charge in [0.1, 0.15) is 16.5 Å². The molecular formula is C29H34N6O3S. The summed E-state index contributed by atoms with van der Waals surface area (Å²) >= 11 is 1.58. The van der Waals surface area contributed by atoms with Gasteiger partial charge >= 0.3 is 0 Å². The minimum atomic E-state index is -0.557. The molecule has 1 aromatic carbocycles. The Morgan fingerprint density at radius 3 is 2.51 bits per heavy atom. The number of hydrazine groups is 1. The van der Waals surface area contributed by atoms with E-state index < -0.39 is 5.91 Å². The molecule has 4 heterocycles. The van der Waals surface area contributed by atoms with Crippen LogP contribution in [-0.4, -0.2) is 52.2 Å². The van der Waals surface area contributed by atoms with E-state index in [9.17, 15) is 14.4 Å². The summed E-state index contributed by atoms with van der Waals surface area (Å²) in [5.41, 5.74) is 7.54. The highest BCUT2D eigenvalue weighted by atomic mass is 32.1. The molecule has 3 aromatic rings. The smallest absolute Gasteiger partial charge is 0.288 e. The van der Waals surface area contributed by atoms with Gasteiger partial charge in [0, 0.05) is 42.2 Å². The standard InChI is InChI=1S/C29H34N6O3S/c1-19(15-21-9-4-3-5-10-21)26(36)32-33-27(37)23-16-22(17-25(31-23)34-12-6-7-13-34)29(38)35-14-8-11-24(35)28-30-20(2)18-39-28/h3-5,9-10,16-19,24H,6-8,11-15H2,1-2H3,(H,32,36)(H,33,37)/t19-,24+/m0/s1. The van der Waals surface area contributed by atoms with Crippen molar-refractivity contribution in [3.8, 4) is 0 Å². The number of likely N-dealkylation sites (tertiary alicyclic amines) is 1. The zero-order valence-corrected chi connectivity index (χ0v) is 23.2. The lowest BCUT2D eigenvalue weighted by Gasteiger charge is -2.24. The number of benzene rings is 1. The first-order chi connectivity index (χ1) is 18.9. The largest absolute Gasteiger partial charge is 0.357 e. The van der Waals surface area contributed by atoms with Crippen LogP contribution in [0.15, 0.2) is 47.8 Å². The van der Waals surface area contributed by atoms with Gasteiger partial charge in [-0.3, -0.25) is 25.2 Å². The highest BCUT2D eigenvalue weighted by molar-refractivity contribution is 7.09. The molecule has 204 valence electrons. The highest BCUT2D eigenvalue weighted by Gasteiger charge is 2.33. The van der Waals surface area contributed by atoms with Gasteiger partial charge in [-0.2, -0.15) is 0 Å². The summed E-state index contributed by atoms with van der Waals surface area (Å²) in [4.78, 5) is 52.7. The number of carbonyl (C=O) groups is 3. The Labute approximate surface area is 232 Å². The Kier molecular flexibility index (Phi) is 8.21. The summed E-state index contributed by atoms with van der Waals surface area (Å²) in [5.74, 6) is -0.720. The third kappa shape index (κ3) is 6.27. The molecule has 2 saturated heterocycles. The van der Waals surface area contributed by atoms with Crippen molar-refractivity contribution >= 4 is 34.9 Å². The molecule has 10 heteroatoms. The second kappa shape index (κ2) is 11.9. The number of pyridine rings is 1. The number of nitrogens with zero attached hydrogens (tertiary/aromatic N) is 4. The van der Waals surface area contributed by atoms with E-state index in [0.717, 1.165) is 55.0 Å². The molecule has 0 unspecified atom stereocenters. The van der Waals surface area contributed by atoms with Crippen molar-refractivity contribution in [2.45, 2.75) is 52.0 Å². The second-order valence-electron chi connectivity index (χ2n) is 10.3. The SMILES string of the molecule is Cc1csc([C@H]2CCCN2C(=O)c2cc(C(=O)NNC(=O)[C@@H](C)Cc3ccccc3)nc(N3CCCC3)c2)n1. The quantitative estimate of drug-likeness (QED) is 0.433. The maximum atomic E-state index is 13.8. The van der Waals surface area contributed by atoms with E-state index in [1.165, 1.54) is 6.07 Å². The topological polar surface area (TPSA) is 108 Å². The molecule has 5 rings (SSSR count). The van der Waals surface area contributed by atoms with Crippen molar-refractivity contribution in [3.63, 3.8) is 0 Å². The summed E-state index contributed by atoms with van der Waals surface area (Å²) in [5, 5.41) is 2.95. The van der Waals surface area contributed by atoms with Gasteiger partial charge in [-0.25, -0.2) is 9.97 Å². The van der Waals surface area contributed by atoms with Crippen LogP contribution in [0.4, 0.5) is 5.82 Å². The van der Waals surface area contributed by atoms with Gasteiger partial charge in [-0.1, -0.05) is 37.3 Å². The minimum Gasteiger partial charge on any atom is -0.357 e. The van der Waals surface area contributed by atoms with Crippen molar-refractivity contribution in [1.82, 2.24) is 25.7 Å². The van der Waals surface area contributed by atoms with Crippen LogP contribution in [0, 0.1) is 12.8 Å². The number of anilines is 1.